The van der Waals surface area contributed by atoms with Crippen LogP contribution in [0.15, 0.2) is 42.5 Å². The molecule has 1 saturated heterocycles. The Bertz CT molecular complexity index is 1230. The summed E-state index contributed by atoms with van der Waals surface area (Å²) in [7, 11) is 1.60. The highest BCUT2D eigenvalue weighted by molar-refractivity contribution is 6.23. The summed E-state index contributed by atoms with van der Waals surface area (Å²) in [4.78, 5) is 43.7. The van der Waals surface area contributed by atoms with E-state index in [-0.39, 0.29) is 11.5 Å². The number of benzene rings is 2. The number of aromatic nitrogens is 1. The van der Waals surface area contributed by atoms with Crippen molar-refractivity contribution in [3.05, 3.63) is 59.3 Å². The predicted octanol–water partition coefficient (Wildman–Crippen LogP) is 1.78. The highest BCUT2D eigenvalue weighted by Crippen LogP contribution is 2.45. The second-order valence-corrected chi connectivity index (χ2v) is 7.62. The van der Waals surface area contributed by atoms with E-state index >= 15 is 0 Å². The quantitative estimate of drug-likeness (QED) is 0.670. The molecular formula is C22H18N3O5-. The number of rotatable bonds is 3. The van der Waals surface area contributed by atoms with Crippen molar-refractivity contribution in [1.29, 1.82) is 0 Å². The van der Waals surface area contributed by atoms with Crippen molar-refractivity contribution in [3.8, 4) is 5.75 Å². The first kappa shape index (κ1) is 18.2. The molecule has 0 spiro atoms. The van der Waals surface area contributed by atoms with Gasteiger partial charge in [0.05, 0.1) is 24.5 Å². The van der Waals surface area contributed by atoms with Crippen LogP contribution in [-0.4, -0.2) is 41.4 Å². The molecule has 8 nitrogen and oxygen atoms in total. The van der Waals surface area contributed by atoms with Crippen LogP contribution in [0.25, 0.3) is 10.9 Å². The van der Waals surface area contributed by atoms with Gasteiger partial charge in [0.25, 0.3) is 5.91 Å². The molecule has 3 heterocycles. The molecule has 0 bridgehead atoms. The standard InChI is InChI=1S/C22H19N3O5/c1-22-18-15(16-11-14(30-2)7-8-17(16)23-18)9-10-24(22)21(29)25(20(22)28)13-5-3-12(4-6-13)19(26)27/h3-8,11,23H,9-10H2,1-2H3,(H,26,27)/p-1/t22-/m0/s1. The molecule has 152 valence electrons. The SMILES string of the molecule is COc1ccc2[nH]c3c(c2c1)CCN1C(=O)N(c2ccc(C(=O)[O-])cc2)C(=O)[C@]31C. The molecule has 1 atom stereocenters. The fraction of sp³-hybridized carbons (Fsp3) is 0.227. The van der Waals surface area contributed by atoms with E-state index in [1.807, 2.05) is 18.2 Å². The Balaban J connectivity index is 1.62. The zero-order valence-corrected chi connectivity index (χ0v) is 16.4. The van der Waals surface area contributed by atoms with Gasteiger partial charge in [0, 0.05) is 17.4 Å². The van der Waals surface area contributed by atoms with Crippen molar-refractivity contribution < 1.29 is 24.2 Å². The number of hydrogen-bond acceptors (Lipinski definition) is 5. The third kappa shape index (κ3) is 2.24. The second-order valence-electron chi connectivity index (χ2n) is 7.62. The van der Waals surface area contributed by atoms with E-state index in [9.17, 15) is 19.5 Å². The second kappa shape index (κ2) is 6.09. The molecule has 0 aliphatic carbocycles. The van der Waals surface area contributed by atoms with Crippen LogP contribution in [0, 0.1) is 0 Å². The third-order valence-corrected chi connectivity index (χ3v) is 6.13. The number of anilines is 1. The van der Waals surface area contributed by atoms with Gasteiger partial charge in [0.15, 0.2) is 5.54 Å². The number of ether oxygens (including phenoxy) is 1. The molecule has 0 saturated carbocycles. The molecule has 1 aromatic heterocycles. The van der Waals surface area contributed by atoms with E-state index < -0.39 is 17.5 Å². The van der Waals surface area contributed by atoms with Crippen LogP contribution in [0.5, 0.6) is 5.75 Å². The Morgan fingerprint density at radius 3 is 2.57 bits per heavy atom. The van der Waals surface area contributed by atoms with Crippen molar-refractivity contribution in [2.24, 2.45) is 0 Å². The minimum atomic E-state index is -1.32. The van der Waals surface area contributed by atoms with Crippen molar-refractivity contribution in [1.82, 2.24) is 9.88 Å². The first-order valence-corrected chi connectivity index (χ1v) is 9.53. The highest BCUT2D eigenvalue weighted by atomic mass is 16.5. The lowest BCUT2D eigenvalue weighted by molar-refractivity contribution is -0.255. The number of aromatic amines is 1. The summed E-state index contributed by atoms with van der Waals surface area (Å²) >= 11 is 0. The smallest absolute Gasteiger partial charge is 0.332 e. The number of methoxy groups -OCH3 is 1. The van der Waals surface area contributed by atoms with Crippen molar-refractivity contribution in [2.45, 2.75) is 18.9 Å². The first-order valence-electron chi connectivity index (χ1n) is 9.53. The summed E-state index contributed by atoms with van der Waals surface area (Å²) in [6.45, 7) is 2.14. The minimum Gasteiger partial charge on any atom is -0.545 e. The van der Waals surface area contributed by atoms with Crippen molar-refractivity contribution in [3.63, 3.8) is 0 Å². The van der Waals surface area contributed by atoms with Crippen molar-refractivity contribution >= 4 is 34.5 Å². The molecule has 0 radical (unpaired) electrons. The van der Waals surface area contributed by atoms with Gasteiger partial charge in [-0.1, -0.05) is 12.1 Å². The average Bonchev–Trinajstić information content (AvgIpc) is 3.21. The third-order valence-electron chi connectivity index (χ3n) is 6.13. The number of aromatic carboxylic acids is 1. The zero-order valence-electron chi connectivity index (χ0n) is 16.4. The Morgan fingerprint density at radius 2 is 1.90 bits per heavy atom. The Morgan fingerprint density at radius 1 is 1.17 bits per heavy atom. The largest absolute Gasteiger partial charge is 0.545 e. The van der Waals surface area contributed by atoms with Crippen molar-refractivity contribution in [2.75, 3.05) is 18.6 Å². The number of H-pyrrole nitrogens is 1. The summed E-state index contributed by atoms with van der Waals surface area (Å²) in [6, 6.07) is 10.8. The van der Waals surface area contributed by atoms with Crippen LogP contribution in [0.3, 0.4) is 0 Å². The van der Waals surface area contributed by atoms with Gasteiger partial charge in [-0.25, -0.2) is 9.69 Å². The predicted molar refractivity (Wildman–Crippen MR) is 106 cm³/mol. The number of urea groups is 1. The number of carboxylic acid groups (broad SMARTS) is 1. The number of nitrogens with zero attached hydrogens (tertiary/aromatic N) is 2. The Labute approximate surface area is 171 Å². The molecular weight excluding hydrogens is 386 g/mol. The summed E-state index contributed by atoms with van der Waals surface area (Å²) < 4.78 is 5.33. The number of carbonyl (C=O) groups excluding carboxylic acids is 3. The molecule has 1 N–H and O–H groups in total. The molecule has 2 aliphatic heterocycles. The van der Waals surface area contributed by atoms with Gasteiger partial charge < -0.3 is 24.5 Å². The molecule has 2 aliphatic rings. The number of carbonyl (C=O) groups is 3. The van der Waals surface area contributed by atoms with Gasteiger partial charge in [-0.15, -0.1) is 0 Å². The minimum absolute atomic E-state index is 0.0198. The maximum Gasteiger partial charge on any atom is 0.332 e. The number of fused-ring (bicyclic) bond motifs is 5. The van der Waals surface area contributed by atoms with E-state index in [0.29, 0.717) is 24.3 Å². The van der Waals surface area contributed by atoms with Crippen LogP contribution in [0.2, 0.25) is 0 Å². The van der Waals surface area contributed by atoms with Gasteiger partial charge in [0.2, 0.25) is 0 Å². The molecule has 5 rings (SSSR count). The van der Waals surface area contributed by atoms with E-state index in [4.69, 9.17) is 4.74 Å². The lowest BCUT2D eigenvalue weighted by Crippen LogP contribution is -2.49. The Kier molecular flexibility index (Phi) is 3.70. The molecule has 3 amide bonds. The van der Waals surface area contributed by atoms with Crippen LogP contribution >= 0.6 is 0 Å². The Hall–Kier alpha value is -3.81. The molecule has 1 fully saturated rings. The monoisotopic (exact) mass is 404 g/mol. The normalized spacial score (nSPS) is 20.5. The lowest BCUT2D eigenvalue weighted by atomic mass is 9.87. The van der Waals surface area contributed by atoms with Crippen LogP contribution in [-0.2, 0) is 16.8 Å². The number of hydrogen-bond donors (Lipinski definition) is 1. The first-order chi connectivity index (χ1) is 14.4. The van der Waals surface area contributed by atoms with Gasteiger partial charge in [0.1, 0.15) is 5.75 Å². The fourth-order valence-electron chi connectivity index (χ4n) is 4.52. The topological polar surface area (TPSA) is 106 Å². The molecule has 8 heteroatoms. The van der Waals surface area contributed by atoms with Crippen LogP contribution in [0.1, 0.15) is 28.5 Å². The maximum absolute atomic E-state index is 13.5. The highest BCUT2D eigenvalue weighted by Gasteiger charge is 2.59. The maximum atomic E-state index is 13.5. The number of carboxylic acids is 1. The summed E-state index contributed by atoms with van der Waals surface area (Å²) in [6.07, 6.45) is 0.606. The van der Waals surface area contributed by atoms with E-state index in [0.717, 1.165) is 27.1 Å². The van der Waals surface area contributed by atoms with Gasteiger partial charge in [-0.2, -0.15) is 0 Å². The van der Waals surface area contributed by atoms with Crippen LogP contribution in [0.4, 0.5) is 10.5 Å². The lowest BCUT2D eigenvalue weighted by Gasteiger charge is -2.35. The number of imide groups is 1. The fourth-order valence-corrected chi connectivity index (χ4v) is 4.52. The number of nitrogens with one attached hydrogen (secondary N) is 1. The van der Waals surface area contributed by atoms with E-state index in [2.05, 4.69) is 4.98 Å². The van der Waals surface area contributed by atoms with E-state index in [1.54, 1.807) is 18.9 Å². The zero-order chi connectivity index (χ0) is 21.2. The molecule has 0 unspecified atom stereocenters. The van der Waals surface area contributed by atoms with Gasteiger partial charge in [-0.3, -0.25) is 4.79 Å². The molecule has 2 aromatic carbocycles. The van der Waals surface area contributed by atoms with Gasteiger partial charge in [-0.05, 0) is 54.8 Å². The number of amides is 3. The summed E-state index contributed by atoms with van der Waals surface area (Å²) in [5.74, 6) is -0.975. The van der Waals surface area contributed by atoms with Gasteiger partial charge >= 0.3 is 6.03 Å². The summed E-state index contributed by atoms with van der Waals surface area (Å²) in [5.41, 5.74) is 1.70. The average molecular weight is 404 g/mol. The molecule has 3 aromatic rings. The van der Waals surface area contributed by atoms with E-state index in [1.165, 1.54) is 24.3 Å². The summed E-state index contributed by atoms with van der Waals surface area (Å²) in [5, 5.41) is 12.0. The molecule has 30 heavy (non-hydrogen) atoms. The van der Waals surface area contributed by atoms with Crippen LogP contribution < -0.4 is 14.7 Å².